The van der Waals surface area contributed by atoms with Gasteiger partial charge in [-0.3, -0.25) is 0 Å². The predicted octanol–water partition coefficient (Wildman–Crippen LogP) is 5.34. The standard InChI is InChI=1S/C20H20ClNO3S2/c1-3-6-18-20(13-9-10-17(25-2)16(21)11-13)15(12-26-18)14-7-4-5-8-19(14)27(22,23)24/h4-5,7-12H,3,6H2,1-2H3,(H2,22,23,24). The molecule has 0 amide bonds. The lowest BCUT2D eigenvalue weighted by Crippen LogP contribution is -2.13. The topological polar surface area (TPSA) is 69.4 Å². The van der Waals surface area contributed by atoms with Crippen LogP contribution in [0.1, 0.15) is 18.2 Å². The molecule has 0 bridgehead atoms. The van der Waals surface area contributed by atoms with E-state index >= 15 is 0 Å². The lowest BCUT2D eigenvalue weighted by molar-refractivity contribution is 0.415. The number of rotatable bonds is 6. The van der Waals surface area contributed by atoms with Crippen LogP contribution < -0.4 is 9.88 Å². The molecule has 0 saturated carbocycles. The van der Waals surface area contributed by atoms with Crippen molar-refractivity contribution in [2.75, 3.05) is 7.11 Å². The van der Waals surface area contributed by atoms with Crippen LogP contribution in [0.2, 0.25) is 5.02 Å². The van der Waals surface area contributed by atoms with E-state index in [1.54, 1.807) is 30.6 Å². The summed E-state index contributed by atoms with van der Waals surface area (Å²) < 4.78 is 29.4. The molecule has 0 unspecified atom stereocenters. The summed E-state index contributed by atoms with van der Waals surface area (Å²) in [6.07, 6.45) is 1.87. The first kappa shape index (κ1) is 19.9. The van der Waals surface area contributed by atoms with Gasteiger partial charge in [0.25, 0.3) is 0 Å². The van der Waals surface area contributed by atoms with Gasteiger partial charge in [-0.1, -0.05) is 49.2 Å². The first-order chi connectivity index (χ1) is 12.9. The van der Waals surface area contributed by atoms with E-state index in [1.165, 1.54) is 10.9 Å². The lowest BCUT2D eigenvalue weighted by Gasteiger charge is -2.12. The highest BCUT2D eigenvalue weighted by Gasteiger charge is 2.21. The predicted molar refractivity (Wildman–Crippen MR) is 112 cm³/mol. The third-order valence-electron chi connectivity index (χ3n) is 4.27. The number of sulfonamides is 1. The molecular weight excluding hydrogens is 402 g/mol. The summed E-state index contributed by atoms with van der Waals surface area (Å²) in [6.45, 7) is 2.11. The Bertz CT molecular complexity index is 1070. The molecule has 0 aliphatic rings. The Morgan fingerprint density at radius 3 is 2.52 bits per heavy atom. The first-order valence-electron chi connectivity index (χ1n) is 8.43. The minimum Gasteiger partial charge on any atom is -0.495 e. The van der Waals surface area contributed by atoms with Crippen molar-refractivity contribution in [1.82, 2.24) is 0 Å². The van der Waals surface area contributed by atoms with Gasteiger partial charge in [0, 0.05) is 21.6 Å². The van der Waals surface area contributed by atoms with Crippen molar-refractivity contribution in [3.05, 3.63) is 57.7 Å². The van der Waals surface area contributed by atoms with E-state index in [1.807, 2.05) is 29.6 Å². The minimum absolute atomic E-state index is 0.117. The van der Waals surface area contributed by atoms with Crippen LogP contribution in [-0.4, -0.2) is 15.5 Å². The van der Waals surface area contributed by atoms with Crippen LogP contribution in [0.15, 0.2) is 52.7 Å². The highest BCUT2D eigenvalue weighted by atomic mass is 35.5. The Morgan fingerprint density at radius 2 is 1.89 bits per heavy atom. The number of thiophene rings is 1. The molecule has 0 atom stereocenters. The highest BCUT2D eigenvalue weighted by Crippen LogP contribution is 2.43. The minimum atomic E-state index is -3.84. The zero-order valence-electron chi connectivity index (χ0n) is 15.0. The molecule has 2 aromatic carbocycles. The van der Waals surface area contributed by atoms with E-state index in [9.17, 15) is 8.42 Å². The van der Waals surface area contributed by atoms with Gasteiger partial charge in [0.15, 0.2) is 0 Å². The number of ether oxygens (including phenoxy) is 1. The summed E-state index contributed by atoms with van der Waals surface area (Å²) in [5.41, 5.74) is 3.35. The van der Waals surface area contributed by atoms with Gasteiger partial charge >= 0.3 is 0 Å². The second kappa shape index (κ2) is 8.02. The third-order valence-corrected chi connectivity index (χ3v) is 6.58. The summed E-state index contributed by atoms with van der Waals surface area (Å²) in [4.78, 5) is 1.30. The van der Waals surface area contributed by atoms with Crippen LogP contribution in [0.5, 0.6) is 5.75 Å². The Hall–Kier alpha value is -1.86. The van der Waals surface area contributed by atoms with E-state index in [2.05, 4.69) is 6.92 Å². The Labute approximate surface area is 168 Å². The van der Waals surface area contributed by atoms with Crippen molar-refractivity contribution in [2.45, 2.75) is 24.7 Å². The average molecular weight is 422 g/mol. The maximum atomic E-state index is 12.1. The molecule has 3 aromatic rings. The summed E-state index contributed by atoms with van der Waals surface area (Å²) in [5, 5.41) is 7.95. The molecule has 0 aliphatic heterocycles. The fraction of sp³-hybridized carbons (Fsp3) is 0.200. The van der Waals surface area contributed by atoms with E-state index < -0.39 is 10.0 Å². The molecule has 0 fully saturated rings. The van der Waals surface area contributed by atoms with Crippen LogP contribution in [0.25, 0.3) is 22.3 Å². The zero-order valence-corrected chi connectivity index (χ0v) is 17.4. The Kier molecular flexibility index (Phi) is 5.91. The molecule has 1 aromatic heterocycles. The SMILES string of the molecule is CCCc1scc(-c2ccccc2S(N)(=O)=O)c1-c1ccc(OC)c(Cl)c1. The number of nitrogens with two attached hydrogens (primary N) is 1. The van der Waals surface area contributed by atoms with Gasteiger partial charge < -0.3 is 4.74 Å². The van der Waals surface area contributed by atoms with E-state index in [0.717, 1.165) is 29.5 Å². The quantitative estimate of drug-likeness (QED) is 0.583. The third kappa shape index (κ3) is 4.04. The van der Waals surface area contributed by atoms with Crippen molar-refractivity contribution in [2.24, 2.45) is 5.14 Å². The molecule has 0 radical (unpaired) electrons. The molecule has 0 spiro atoms. The molecule has 142 valence electrons. The number of halogens is 1. The number of hydrogen-bond donors (Lipinski definition) is 1. The molecule has 7 heteroatoms. The van der Waals surface area contributed by atoms with Gasteiger partial charge in [0.2, 0.25) is 10.0 Å². The number of primary sulfonamides is 1. The summed E-state index contributed by atoms with van der Waals surface area (Å²) in [6, 6.07) is 12.4. The fourth-order valence-corrected chi connectivity index (χ4v) is 5.27. The number of benzene rings is 2. The van der Waals surface area contributed by atoms with Crippen molar-refractivity contribution < 1.29 is 13.2 Å². The van der Waals surface area contributed by atoms with Crippen molar-refractivity contribution in [3.63, 3.8) is 0 Å². The summed E-state index contributed by atoms with van der Waals surface area (Å²) >= 11 is 7.96. The molecule has 27 heavy (non-hydrogen) atoms. The maximum absolute atomic E-state index is 12.1. The zero-order chi connectivity index (χ0) is 19.6. The maximum Gasteiger partial charge on any atom is 0.238 e. The first-order valence-corrected chi connectivity index (χ1v) is 11.2. The second-order valence-corrected chi connectivity index (χ2v) is 8.99. The number of aryl methyl sites for hydroxylation is 1. The van der Waals surface area contributed by atoms with Crippen LogP contribution in [-0.2, 0) is 16.4 Å². The highest BCUT2D eigenvalue weighted by molar-refractivity contribution is 7.89. The Morgan fingerprint density at radius 1 is 1.15 bits per heavy atom. The van der Waals surface area contributed by atoms with Gasteiger partial charge in [-0.15, -0.1) is 11.3 Å². The van der Waals surface area contributed by atoms with Crippen LogP contribution in [0, 0.1) is 0 Å². The van der Waals surface area contributed by atoms with Crippen LogP contribution >= 0.6 is 22.9 Å². The van der Waals surface area contributed by atoms with E-state index in [-0.39, 0.29) is 4.90 Å². The molecular formula is C20H20ClNO3S2. The van der Waals surface area contributed by atoms with E-state index in [4.69, 9.17) is 21.5 Å². The van der Waals surface area contributed by atoms with Crippen molar-refractivity contribution in [1.29, 1.82) is 0 Å². The monoisotopic (exact) mass is 421 g/mol. The number of methoxy groups -OCH3 is 1. The largest absolute Gasteiger partial charge is 0.495 e. The van der Waals surface area contributed by atoms with Gasteiger partial charge in [0.1, 0.15) is 5.75 Å². The van der Waals surface area contributed by atoms with Crippen molar-refractivity contribution in [3.8, 4) is 28.0 Å². The average Bonchev–Trinajstić information content (AvgIpc) is 3.05. The Balaban J connectivity index is 2.27. The smallest absolute Gasteiger partial charge is 0.238 e. The molecule has 0 saturated heterocycles. The van der Waals surface area contributed by atoms with Crippen LogP contribution in [0.4, 0.5) is 0 Å². The summed E-state index contributed by atoms with van der Waals surface area (Å²) in [5.74, 6) is 0.596. The second-order valence-electron chi connectivity index (χ2n) is 6.09. The van der Waals surface area contributed by atoms with Crippen LogP contribution in [0.3, 0.4) is 0 Å². The molecule has 0 aliphatic carbocycles. The number of hydrogen-bond acceptors (Lipinski definition) is 4. The molecule has 2 N–H and O–H groups in total. The fourth-order valence-electron chi connectivity index (χ4n) is 3.08. The summed E-state index contributed by atoms with van der Waals surface area (Å²) in [7, 11) is -2.27. The molecule has 4 nitrogen and oxygen atoms in total. The van der Waals surface area contributed by atoms with Gasteiger partial charge in [-0.2, -0.15) is 0 Å². The lowest BCUT2D eigenvalue weighted by atomic mass is 9.95. The van der Waals surface area contributed by atoms with Gasteiger partial charge in [-0.25, -0.2) is 13.6 Å². The van der Waals surface area contributed by atoms with Gasteiger partial charge in [-0.05, 0) is 35.6 Å². The molecule has 3 rings (SSSR count). The van der Waals surface area contributed by atoms with Gasteiger partial charge in [0.05, 0.1) is 17.0 Å². The van der Waals surface area contributed by atoms with Crippen molar-refractivity contribution >= 4 is 33.0 Å². The van der Waals surface area contributed by atoms with E-state index in [0.29, 0.717) is 16.3 Å². The normalized spacial score (nSPS) is 11.6. The molecule has 1 heterocycles.